The van der Waals surface area contributed by atoms with Gasteiger partial charge in [-0.2, -0.15) is 9.47 Å². The van der Waals surface area contributed by atoms with Gasteiger partial charge in [0.15, 0.2) is 11.5 Å². The van der Waals surface area contributed by atoms with Gasteiger partial charge < -0.3 is 5.32 Å². The number of aryl methyl sites for hydroxylation is 1. The first-order valence-corrected chi connectivity index (χ1v) is 10.4. The van der Waals surface area contributed by atoms with E-state index < -0.39 is 0 Å². The van der Waals surface area contributed by atoms with Crippen molar-refractivity contribution in [3.8, 4) is 11.3 Å². The first-order valence-electron chi connectivity index (χ1n) is 8.83. The lowest BCUT2D eigenvalue weighted by Crippen LogP contribution is -2.00. The summed E-state index contributed by atoms with van der Waals surface area (Å²) in [5.41, 5.74) is 5.45. The number of hydrogen-bond donors (Lipinski definition) is 2. The van der Waals surface area contributed by atoms with Gasteiger partial charge in [0.2, 0.25) is 0 Å². The van der Waals surface area contributed by atoms with Crippen molar-refractivity contribution in [1.29, 1.82) is 0 Å². The van der Waals surface area contributed by atoms with Crippen LogP contribution in [0.2, 0.25) is 0 Å². The van der Waals surface area contributed by atoms with E-state index in [0.717, 1.165) is 43.5 Å². The van der Waals surface area contributed by atoms with Crippen LogP contribution in [0.1, 0.15) is 17.1 Å². The van der Waals surface area contributed by atoms with Crippen molar-refractivity contribution >= 4 is 43.9 Å². The maximum Gasteiger partial charge on any atom is 0.180 e. The van der Waals surface area contributed by atoms with Gasteiger partial charge in [0.05, 0.1) is 35.2 Å². The van der Waals surface area contributed by atoms with Crippen molar-refractivity contribution in [2.24, 2.45) is 0 Å². The maximum atomic E-state index is 4.64. The van der Waals surface area contributed by atoms with Crippen molar-refractivity contribution in [3.05, 3.63) is 70.7 Å². The quantitative estimate of drug-likeness (QED) is 0.398. The van der Waals surface area contributed by atoms with Gasteiger partial charge in [-0.3, -0.25) is 14.5 Å². The molecule has 5 aromatic rings. The highest BCUT2D eigenvalue weighted by Crippen LogP contribution is 2.28. The van der Waals surface area contributed by atoms with E-state index in [1.807, 2.05) is 48.1 Å². The number of hydrogen-bond acceptors (Lipinski definition) is 7. The third kappa shape index (κ3) is 3.52. The standard InChI is InChI=1S/C19H15BrN8S/c1-11-10-28-16(12-7-23-24-8-12)9-22-19(28)18(25-11)26-17-6-13(27-29-17)5-15-14(20)3-2-4-21-15/h2-4,6-10H,5H2,1H3,(H,23,24)(H,25,26). The zero-order valence-corrected chi connectivity index (χ0v) is 17.7. The van der Waals surface area contributed by atoms with Gasteiger partial charge in [-0.05, 0) is 52.6 Å². The first kappa shape index (κ1) is 18.0. The average molecular weight is 467 g/mol. The summed E-state index contributed by atoms with van der Waals surface area (Å²) in [6.07, 6.45) is 9.85. The molecule has 29 heavy (non-hydrogen) atoms. The average Bonchev–Trinajstić information content (AvgIpc) is 3.44. The number of imidazole rings is 1. The van der Waals surface area contributed by atoms with E-state index in [1.54, 1.807) is 12.4 Å². The molecule has 0 bridgehead atoms. The highest BCUT2D eigenvalue weighted by Gasteiger charge is 2.14. The fraction of sp³-hybridized carbons (Fsp3) is 0.105. The Morgan fingerprint density at radius 2 is 2.21 bits per heavy atom. The number of aromatic amines is 1. The summed E-state index contributed by atoms with van der Waals surface area (Å²) < 4.78 is 7.54. The topological polar surface area (TPSA) is 96.7 Å². The van der Waals surface area contributed by atoms with Gasteiger partial charge in [-0.25, -0.2) is 9.97 Å². The molecule has 0 unspecified atom stereocenters. The van der Waals surface area contributed by atoms with Crippen LogP contribution in [0.5, 0.6) is 0 Å². The van der Waals surface area contributed by atoms with E-state index in [0.29, 0.717) is 12.2 Å². The molecule has 5 aromatic heterocycles. The third-order valence-corrected chi connectivity index (χ3v) is 5.85. The summed E-state index contributed by atoms with van der Waals surface area (Å²) in [7, 11) is 0. The number of aromatic nitrogens is 7. The molecule has 0 radical (unpaired) electrons. The summed E-state index contributed by atoms with van der Waals surface area (Å²) in [6.45, 7) is 1.96. The summed E-state index contributed by atoms with van der Waals surface area (Å²) >= 11 is 4.93. The second-order valence-electron chi connectivity index (χ2n) is 6.47. The van der Waals surface area contributed by atoms with E-state index >= 15 is 0 Å². The number of pyridine rings is 1. The molecule has 5 rings (SSSR count). The molecule has 144 valence electrons. The summed E-state index contributed by atoms with van der Waals surface area (Å²) in [6, 6.07) is 5.90. The van der Waals surface area contributed by atoms with Crippen molar-refractivity contribution in [2.75, 3.05) is 5.32 Å². The molecule has 0 saturated heterocycles. The van der Waals surface area contributed by atoms with E-state index in [1.165, 1.54) is 11.5 Å². The Kier molecular flexibility index (Phi) is 4.57. The van der Waals surface area contributed by atoms with Crippen molar-refractivity contribution in [2.45, 2.75) is 13.3 Å². The zero-order valence-electron chi connectivity index (χ0n) is 15.3. The SMILES string of the molecule is Cc1cn2c(-c3cn[nH]c3)cnc2c(Nc2cc(Cc3ncccc3Br)ns2)n1. The molecular formula is C19H15BrN8S. The maximum absolute atomic E-state index is 4.64. The Hall–Kier alpha value is -3.11. The lowest BCUT2D eigenvalue weighted by molar-refractivity contribution is 1.03. The van der Waals surface area contributed by atoms with Gasteiger partial charge in [0.1, 0.15) is 5.00 Å². The minimum Gasteiger partial charge on any atom is -0.328 e. The molecule has 5 heterocycles. The smallest absolute Gasteiger partial charge is 0.180 e. The normalized spacial score (nSPS) is 11.2. The van der Waals surface area contributed by atoms with Crippen LogP contribution in [0.3, 0.4) is 0 Å². The fourth-order valence-electron chi connectivity index (χ4n) is 3.09. The number of nitrogens with zero attached hydrogens (tertiary/aromatic N) is 6. The van der Waals surface area contributed by atoms with E-state index in [9.17, 15) is 0 Å². The Morgan fingerprint density at radius 3 is 3.03 bits per heavy atom. The molecule has 0 aliphatic heterocycles. The number of rotatable bonds is 5. The summed E-state index contributed by atoms with van der Waals surface area (Å²) in [5, 5.41) is 11.1. The Bertz CT molecular complexity index is 1290. The van der Waals surface area contributed by atoms with E-state index in [2.05, 4.69) is 50.8 Å². The largest absolute Gasteiger partial charge is 0.328 e. The number of anilines is 2. The van der Waals surface area contributed by atoms with Crippen molar-refractivity contribution in [3.63, 3.8) is 0 Å². The van der Waals surface area contributed by atoms with Gasteiger partial charge in [-0.15, -0.1) is 0 Å². The lowest BCUT2D eigenvalue weighted by Gasteiger charge is -2.07. The number of nitrogens with one attached hydrogen (secondary N) is 2. The minimum absolute atomic E-state index is 0.657. The second-order valence-corrected chi connectivity index (χ2v) is 8.13. The van der Waals surface area contributed by atoms with Crippen molar-refractivity contribution < 1.29 is 0 Å². The molecule has 2 N–H and O–H groups in total. The number of fused-ring (bicyclic) bond motifs is 1. The Labute approximate surface area is 178 Å². The molecule has 0 aliphatic rings. The predicted octanol–water partition coefficient (Wildman–Crippen LogP) is 4.38. The molecule has 0 spiro atoms. The van der Waals surface area contributed by atoms with Crippen molar-refractivity contribution in [1.82, 2.24) is 33.9 Å². The number of H-pyrrole nitrogens is 1. The molecule has 0 saturated carbocycles. The van der Waals surface area contributed by atoms with Crippen LogP contribution in [0.25, 0.3) is 16.9 Å². The number of halogens is 1. The molecule has 0 fully saturated rings. The van der Waals surface area contributed by atoms with E-state index in [4.69, 9.17) is 0 Å². The fourth-order valence-corrected chi connectivity index (χ4v) is 4.15. The van der Waals surface area contributed by atoms with Crippen LogP contribution >= 0.6 is 27.5 Å². The van der Waals surface area contributed by atoms with Gasteiger partial charge in [-0.1, -0.05) is 0 Å². The van der Waals surface area contributed by atoms with Crippen LogP contribution in [0.4, 0.5) is 10.8 Å². The van der Waals surface area contributed by atoms with E-state index in [-0.39, 0.29) is 0 Å². The molecule has 0 aliphatic carbocycles. The highest BCUT2D eigenvalue weighted by atomic mass is 79.9. The van der Waals surface area contributed by atoms with Crippen LogP contribution < -0.4 is 5.32 Å². The summed E-state index contributed by atoms with van der Waals surface area (Å²) in [5.74, 6) is 0.689. The first-order chi connectivity index (χ1) is 14.2. The van der Waals surface area contributed by atoms with Crippen LogP contribution in [0, 0.1) is 6.92 Å². The Balaban J connectivity index is 1.45. The predicted molar refractivity (Wildman–Crippen MR) is 115 cm³/mol. The van der Waals surface area contributed by atoms with Gasteiger partial charge >= 0.3 is 0 Å². The Morgan fingerprint density at radius 1 is 1.28 bits per heavy atom. The second kappa shape index (κ2) is 7.37. The molecule has 0 amide bonds. The van der Waals surface area contributed by atoms with Crippen LogP contribution in [-0.4, -0.2) is 33.9 Å². The lowest BCUT2D eigenvalue weighted by atomic mass is 10.2. The molecule has 0 aromatic carbocycles. The third-order valence-electron chi connectivity index (χ3n) is 4.39. The van der Waals surface area contributed by atoms with Gasteiger partial charge in [0, 0.05) is 35.0 Å². The highest BCUT2D eigenvalue weighted by molar-refractivity contribution is 9.10. The molecule has 8 nitrogen and oxygen atoms in total. The van der Waals surface area contributed by atoms with Crippen LogP contribution in [0.15, 0.2) is 53.7 Å². The monoisotopic (exact) mass is 466 g/mol. The molecule has 10 heteroatoms. The molecular weight excluding hydrogens is 452 g/mol. The van der Waals surface area contributed by atoms with Crippen LogP contribution in [-0.2, 0) is 6.42 Å². The molecule has 0 atom stereocenters. The summed E-state index contributed by atoms with van der Waals surface area (Å²) in [4.78, 5) is 13.6. The zero-order chi connectivity index (χ0) is 19.8. The minimum atomic E-state index is 0.657. The van der Waals surface area contributed by atoms with Gasteiger partial charge in [0.25, 0.3) is 0 Å².